The van der Waals surface area contributed by atoms with Crippen LogP contribution < -0.4 is 0 Å². The van der Waals surface area contributed by atoms with Crippen LogP contribution in [0, 0.1) is 0 Å². The molecule has 5 rings (SSSR count). The molecule has 0 aliphatic rings. The van der Waals surface area contributed by atoms with Gasteiger partial charge in [-0.05, 0) is 59.5 Å². The topological polar surface area (TPSA) is 115 Å². The van der Waals surface area contributed by atoms with Crippen LogP contribution in [0.3, 0.4) is 0 Å². The number of benzene rings is 2. The van der Waals surface area contributed by atoms with Crippen molar-refractivity contribution in [2.75, 3.05) is 0 Å². The number of nitrogens with zero attached hydrogens (tertiary/aromatic N) is 6. The number of nitrogens with one attached hydrogen (secondary N) is 1. The van der Waals surface area contributed by atoms with Crippen molar-refractivity contribution in [3.05, 3.63) is 95.7 Å². The standard InChI is InChI=1S/C28H27N7O2/c1-3-9-25-29-27(34-14-7-8-15-34)24(16-19(2)28(36)37)35(25)18-20-12-13-22(21-10-5-4-6-11-21)23(17-20)26-30-32-33-31-26/h4-8,10-17H,3,9,18H2,1-2H3,(H,36,37)(H,30,31,32,33)/b19-16+. The smallest absolute Gasteiger partial charge is 0.331 e. The van der Waals surface area contributed by atoms with Crippen molar-refractivity contribution >= 4 is 12.0 Å². The Morgan fingerprint density at radius 1 is 1.05 bits per heavy atom. The molecule has 0 bridgehead atoms. The minimum Gasteiger partial charge on any atom is -0.478 e. The summed E-state index contributed by atoms with van der Waals surface area (Å²) in [6.45, 7) is 4.21. The van der Waals surface area contributed by atoms with E-state index >= 15 is 0 Å². The average Bonchev–Trinajstić information content (AvgIpc) is 3.68. The number of hydrogen-bond acceptors (Lipinski definition) is 5. The van der Waals surface area contributed by atoms with E-state index in [0.717, 1.165) is 46.6 Å². The second-order valence-electron chi connectivity index (χ2n) is 8.78. The number of rotatable bonds is 9. The average molecular weight is 494 g/mol. The molecule has 9 nitrogen and oxygen atoms in total. The highest BCUT2D eigenvalue weighted by atomic mass is 16.4. The lowest BCUT2D eigenvalue weighted by molar-refractivity contribution is -0.132. The number of tetrazole rings is 1. The largest absolute Gasteiger partial charge is 0.478 e. The summed E-state index contributed by atoms with van der Waals surface area (Å²) in [6, 6.07) is 20.1. The lowest BCUT2D eigenvalue weighted by Gasteiger charge is -2.14. The summed E-state index contributed by atoms with van der Waals surface area (Å²) in [5.74, 6) is 1.14. The molecule has 186 valence electrons. The molecule has 5 aromatic rings. The molecule has 0 unspecified atom stereocenters. The molecule has 3 aromatic heterocycles. The predicted molar refractivity (Wildman–Crippen MR) is 141 cm³/mol. The van der Waals surface area contributed by atoms with E-state index in [1.807, 2.05) is 47.3 Å². The molecule has 0 atom stereocenters. The summed E-state index contributed by atoms with van der Waals surface area (Å²) in [4.78, 5) is 16.7. The summed E-state index contributed by atoms with van der Waals surface area (Å²) >= 11 is 0. The highest BCUT2D eigenvalue weighted by molar-refractivity contribution is 5.91. The third-order valence-corrected chi connectivity index (χ3v) is 6.18. The van der Waals surface area contributed by atoms with E-state index < -0.39 is 5.97 Å². The first-order valence-corrected chi connectivity index (χ1v) is 12.1. The SMILES string of the molecule is CCCc1nc(-n2cccc2)c(/C=C(\C)C(=O)O)n1Cc1ccc(-c2ccccc2)c(-c2nn[nH]n2)c1. The Labute approximate surface area is 214 Å². The fraction of sp³-hybridized carbons (Fsp3) is 0.179. The van der Waals surface area contributed by atoms with Crippen LogP contribution in [0.25, 0.3) is 34.4 Å². The molecule has 0 spiro atoms. The minimum atomic E-state index is -0.963. The maximum Gasteiger partial charge on any atom is 0.331 e. The van der Waals surface area contributed by atoms with E-state index in [4.69, 9.17) is 4.98 Å². The highest BCUT2D eigenvalue weighted by Gasteiger charge is 2.19. The maximum atomic E-state index is 11.7. The maximum absolute atomic E-state index is 11.7. The van der Waals surface area contributed by atoms with Crippen molar-refractivity contribution in [1.82, 2.24) is 34.7 Å². The molecule has 2 aromatic carbocycles. The number of aliphatic carboxylic acids is 1. The second-order valence-corrected chi connectivity index (χ2v) is 8.78. The molecule has 0 saturated heterocycles. The number of carboxylic acid groups (broad SMARTS) is 1. The Kier molecular flexibility index (Phi) is 6.76. The molecular formula is C28H27N7O2. The predicted octanol–water partition coefficient (Wildman–Crippen LogP) is 5.01. The lowest BCUT2D eigenvalue weighted by Crippen LogP contribution is -2.09. The van der Waals surface area contributed by atoms with Crippen molar-refractivity contribution in [3.63, 3.8) is 0 Å². The first-order chi connectivity index (χ1) is 18.0. The molecule has 9 heteroatoms. The van der Waals surface area contributed by atoms with Crippen LogP contribution in [0.2, 0.25) is 0 Å². The molecule has 0 amide bonds. The van der Waals surface area contributed by atoms with Crippen molar-refractivity contribution in [2.45, 2.75) is 33.2 Å². The van der Waals surface area contributed by atoms with Gasteiger partial charge in [0.05, 0.1) is 5.69 Å². The fourth-order valence-electron chi connectivity index (χ4n) is 4.37. The van der Waals surface area contributed by atoms with Gasteiger partial charge in [-0.2, -0.15) is 5.21 Å². The van der Waals surface area contributed by atoms with Gasteiger partial charge in [0.2, 0.25) is 5.82 Å². The van der Waals surface area contributed by atoms with E-state index in [2.05, 4.69) is 62.4 Å². The van der Waals surface area contributed by atoms with Gasteiger partial charge in [0.1, 0.15) is 5.82 Å². The van der Waals surface area contributed by atoms with Crippen LogP contribution in [0.5, 0.6) is 0 Å². The van der Waals surface area contributed by atoms with Gasteiger partial charge in [0, 0.05) is 36.5 Å². The molecule has 0 radical (unpaired) electrons. The van der Waals surface area contributed by atoms with Crippen molar-refractivity contribution in [3.8, 4) is 28.3 Å². The second kappa shape index (κ2) is 10.4. The van der Waals surface area contributed by atoms with Crippen LogP contribution >= 0.6 is 0 Å². The van der Waals surface area contributed by atoms with Crippen LogP contribution in [-0.4, -0.2) is 45.8 Å². The molecule has 0 aliphatic carbocycles. The Bertz CT molecular complexity index is 1530. The monoisotopic (exact) mass is 493 g/mol. The van der Waals surface area contributed by atoms with Crippen LogP contribution in [0.4, 0.5) is 0 Å². The fourth-order valence-corrected chi connectivity index (χ4v) is 4.37. The molecule has 2 N–H and O–H groups in total. The van der Waals surface area contributed by atoms with E-state index in [1.54, 1.807) is 13.0 Å². The number of aromatic amines is 1. The first-order valence-electron chi connectivity index (χ1n) is 12.1. The Morgan fingerprint density at radius 3 is 2.51 bits per heavy atom. The van der Waals surface area contributed by atoms with Gasteiger partial charge in [-0.3, -0.25) is 0 Å². The van der Waals surface area contributed by atoms with Crippen molar-refractivity contribution in [1.29, 1.82) is 0 Å². The van der Waals surface area contributed by atoms with E-state index in [9.17, 15) is 9.90 Å². The number of hydrogen-bond donors (Lipinski definition) is 2. The van der Waals surface area contributed by atoms with Gasteiger partial charge >= 0.3 is 5.97 Å². The van der Waals surface area contributed by atoms with E-state index in [1.165, 1.54) is 0 Å². The molecule has 37 heavy (non-hydrogen) atoms. The zero-order valence-corrected chi connectivity index (χ0v) is 20.7. The van der Waals surface area contributed by atoms with Crippen LogP contribution in [-0.2, 0) is 17.8 Å². The summed E-state index contributed by atoms with van der Waals surface area (Å²) in [6.07, 6.45) is 7.19. The molecule has 0 fully saturated rings. The molecular weight excluding hydrogens is 466 g/mol. The first kappa shape index (κ1) is 23.9. The Morgan fingerprint density at radius 2 is 1.84 bits per heavy atom. The molecule has 0 saturated carbocycles. The number of imidazole rings is 1. The van der Waals surface area contributed by atoms with Gasteiger partial charge in [-0.15, -0.1) is 10.2 Å². The molecule has 0 aliphatic heterocycles. The zero-order chi connectivity index (χ0) is 25.8. The van der Waals surface area contributed by atoms with E-state index in [-0.39, 0.29) is 5.57 Å². The van der Waals surface area contributed by atoms with Gasteiger partial charge in [-0.1, -0.05) is 49.4 Å². The van der Waals surface area contributed by atoms with Gasteiger partial charge in [0.15, 0.2) is 5.82 Å². The summed E-state index contributed by atoms with van der Waals surface area (Å²) in [5, 5.41) is 24.4. The Balaban J connectivity index is 1.65. The van der Waals surface area contributed by atoms with Gasteiger partial charge < -0.3 is 14.2 Å². The number of aryl methyl sites for hydroxylation is 1. The number of aromatic nitrogens is 7. The number of H-pyrrole nitrogens is 1. The van der Waals surface area contributed by atoms with Gasteiger partial charge in [0.25, 0.3) is 0 Å². The molecule has 3 heterocycles. The third-order valence-electron chi connectivity index (χ3n) is 6.18. The summed E-state index contributed by atoms with van der Waals surface area (Å²) < 4.78 is 4.02. The quantitative estimate of drug-likeness (QED) is 0.279. The van der Waals surface area contributed by atoms with Crippen molar-refractivity contribution in [2.24, 2.45) is 0 Å². The van der Waals surface area contributed by atoms with Crippen LogP contribution in [0.1, 0.15) is 37.4 Å². The third kappa shape index (κ3) is 4.97. The highest BCUT2D eigenvalue weighted by Crippen LogP contribution is 2.32. The number of carboxylic acids is 1. The van der Waals surface area contributed by atoms with Gasteiger partial charge in [-0.25, -0.2) is 9.78 Å². The minimum absolute atomic E-state index is 0.240. The summed E-state index contributed by atoms with van der Waals surface area (Å²) in [7, 11) is 0. The van der Waals surface area contributed by atoms with Crippen molar-refractivity contribution < 1.29 is 9.90 Å². The van der Waals surface area contributed by atoms with E-state index in [0.29, 0.717) is 18.2 Å². The number of carbonyl (C=O) groups is 1. The summed E-state index contributed by atoms with van der Waals surface area (Å²) in [5.41, 5.74) is 4.91. The Hall–Kier alpha value is -4.79. The lowest BCUT2D eigenvalue weighted by atomic mass is 9.97. The zero-order valence-electron chi connectivity index (χ0n) is 20.7. The normalized spacial score (nSPS) is 11.7. The van der Waals surface area contributed by atoms with Crippen LogP contribution in [0.15, 0.2) is 78.6 Å².